The predicted molar refractivity (Wildman–Crippen MR) is 219 cm³/mol. The first-order chi connectivity index (χ1) is 28.1. The Bertz CT molecular complexity index is 2070. The van der Waals surface area contributed by atoms with E-state index in [0.717, 1.165) is 30.4 Å². The van der Waals surface area contributed by atoms with E-state index in [1.165, 1.54) is 4.90 Å². The molecule has 3 aromatic carbocycles. The zero-order valence-electron chi connectivity index (χ0n) is 32.1. The molecule has 6 rings (SSSR count). The fourth-order valence-electron chi connectivity index (χ4n) is 7.72. The number of nitrogens with one attached hydrogen (secondary N) is 2. The molecular formula is C42H48N10O6. The average Bonchev–Trinajstić information content (AvgIpc) is 3.35. The number of para-hydroxylation sites is 1. The molecule has 0 saturated carbocycles. The number of pyridine rings is 1. The van der Waals surface area contributed by atoms with Crippen molar-refractivity contribution in [1.82, 2.24) is 20.1 Å². The third-order valence-corrected chi connectivity index (χ3v) is 10.6. The van der Waals surface area contributed by atoms with Crippen LogP contribution in [-0.4, -0.2) is 88.2 Å². The first-order valence-electron chi connectivity index (χ1n) is 19.4. The Kier molecular flexibility index (Phi) is 13.9. The molecule has 302 valence electrons. The number of carbonyl (C=O) groups excluding carboxylic acids is 4. The maximum atomic E-state index is 14.8. The Morgan fingerprint density at radius 3 is 2.26 bits per heavy atom. The Balaban J connectivity index is 1.15. The summed E-state index contributed by atoms with van der Waals surface area (Å²) < 4.78 is 0. The van der Waals surface area contributed by atoms with Crippen LogP contribution >= 0.6 is 0 Å². The van der Waals surface area contributed by atoms with E-state index in [9.17, 15) is 29.3 Å². The summed E-state index contributed by atoms with van der Waals surface area (Å²) in [5.74, 6) is -2.46. The van der Waals surface area contributed by atoms with E-state index in [1.807, 2.05) is 66.7 Å². The van der Waals surface area contributed by atoms with Gasteiger partial charge in [0, 0.05) is 12.7 Å². The number of likely N-dealkylation sites (tertiary alicyclic amines) is 1. The van der Waals surface area contributed by atoms with Gasteiger partial charge in [0.05, 0.1) is 29.4 Å². The molecule has 58 heavy (non-hydrogen) atoms. The van der Waals surface area contributed by atoms with E-state index in [2.05, 4.69) is 25.6 Å². The van der Waals surface area contributed by atoms with E-state index in [-0.39, 0.29) is 43.8 Å². The van der Waals surface area contributed by atoms with Gasteiger partial charge in [0.1, 0.15) is 11.1 Å². The maximum Gasteiger partial charge on any atom is 0.272 e. The van der Waals surface area contributed by atoms with Crippen LogP contribution in [0.5, 0.6) is 0 Å². The van der Waals surface area contributed by atoms with Gasteiger partial charge in [-0.15, -0.1) is 0 Å². The lowest BCUT2D eigenvalue weighted by molar-refractivity contribution is -0.485. The Morgan fingerprint density at radius 2 is 1.60 bits per heavy atom. The van der Waals surface area contributed by atoms with Crippen LogP contribution in [0.3, 0.4) is 0 Å². The van der Waals surface area contributed by atoms with Gasteiger partial charge >= 0.3 is 0 Å². The second-order valence-electron chi connectivity index (χ2n) is 14.4. The second kappa shape index (κ2) is 19.6. The van der Waals surface area contributed by atoms with Gasteiger partial charge in [0.15, 0.2) is 10.9 Å². The van der Waals surface area contributed by atoms with Crippen LogP contribution in [0.15, 0.2) is 108 Å². The molecule has 0 spiro atoms. The minimum atomic E-state index is -1.04. The number of benzene rings is 3. The molecule has 16 heteroatoms. The predicted octanol–water partition coefficient (Wildman–Crippen LogP) is 4.20. The van der Waals surface area contributed by atoms with Gasteiger partial charge in [-0.05, 0) is 99.5 Å². The number of nitrogens with zero attached hydrogens (tertiary/aromatic N) is 6. The van der Waals surface area contributed by atoms with Crippen LogP contribution < -0.4 is 27.0 Å². The van der Waals surface area contributed by atoms with Crippen molar-refractivity contribution in [3.8, 4) is 0 Å². The smallest absolute Gasteiger partial charge is 0.272 e. The van der Waals surface area contributed by atoms with Gasteiger partial charge in [0.2, 0.25) is 17.7 Å². The highest BCUT2D eigenvalue weighted by atomic mass is 16.7. The molecule has 6 N–H and O–H groups in total. The highest BCUT2D eigenvalue weighted by molar-refractivity contribution is 6.25. The topological polar surface area (TPSA) is 222 Å². The Hall–Kier alpha value is -6.52. The van der Waals surface area contributed by atoms with E-state index >= 15 is 0 Å². The van der Waals surface area contributed by atoms with Crippen LogP contribution in [0.1, 0.15) is 65.9 Å². The van der Waals surface area contributed by atoms with Crippen LogP contribution in [0.2, 0.25) is 0 Å². The molecule has 4 aromatic rings. The zero-order valence-corrected chi connectivity index (χ0v) is 32.1. The quantitative estimate of drug-likeness (QED) is 0.0579. The minimum absolute atomic E-state index is 0.0540. The second-order valence-corrected chi connectivity index (χ2v) is 14.4. The van der Waals surface area contributed by atoms with E-state index < -0.39 is 34.8 Å². The van der Waals surface area contributed by atoms with Gasteiger partial charge < -0.3 is 21.7 Å². The molecule has 0 aliphatic carbocycles. The number of piperidine rings is 1. The lowest BCUT2D eigenvalue weighted by Crippen LogP contribution is -2.54. The summed E-state index contributed by atoms with van der Waals surface area (Å²) in [6.45, 7) is 1.81. The van der Waals surface area contributed by atoms with Crippen LogP contribution in [-0.2, 0) is 14.4 Å². The molecule has 2 aliphatic rings. The first kappa shape index (κ1) is 41.1. The number of anilines is 3. The SMILES string of the molecule is NCCC[C@@H](C(=O)NC(N)=N[N+](=O)[O-])N(CCCC1CCN(CC(=O)N2C(=O)c3ccccc3Nc3ncccc32)CC1)C(=O)C(c1ccccc1)c1ccccc1. The summed E-state index contributed by atoms with van der Waals surface area (Å²) in [4.78, 5) is 76.4. The first-order valence-corrected chi connectivity index (χ1v) is 19.4. The van der Waals surface area contributed by atoms with Crippen molar-refractivity contribution in [3.63, 3.8) is 0 Å². The monoisotopic (exact) mass is 788 g/mol. The Labute approximate surface area is 336 Å². The largest absolute Gasteiger partial charge is 0.364 e. The summed E-state index contributed by atoms with van der Waals surface area (Å²) in [5, 5.41) is 18.5. The van der Waals surface area contributed by atoms with Gasteiger partial charge in [-0.3, -0.25) is 29.4 Å². The standard InChI is InChI=1S/C42H48N10O6/c43-23-9-19-35(39(54)47-42(44)48-52(57)58)50(41(56)37(30-13-3-1-4-14-30)31-15-5-2-6-16-31)25-11-12-29-21-26-49(27-22-29)28-36(53)51-34-20-10-24-45-38(34)46-33-18-8-7-17-32(33)40(51)55/h1-8,10,13-18,20,24,29,35,37H,9,11-12,19,21-23,25-28,43H2,(H,45,46)(H3,44,47,48,54)/t35-/m0/s1. The number of carbonyl (C=O) groups is 4. The number of rotatable bonds is 15. The zero-order chi connectivity index (χ0) is 41.0. The van der Waals surface area contributed by atoms with Crippen LogP contribution in [0, 0.1) is 16.0 Å². The molecule has 0 bridgehead atoms. The number of aromatic nitrogens is 1. The van der Waals surface area contributed by atoms with Crippen molar-refractivity contribution in [1.29, 1.82) is 0 Å². The number of amides is 4. The molecule has 1 saturated heterocycles. The summed E-state index contributed by atoms with van der Waals surface area (Å²) in [6.07, 6.45) is 5.10. The van der Waals surface area contributed by atoms with Crippen molar-refractivity contribution in [3.05, 3.63) is 130 Å². The van der Waals surface area contributed by atoms with Gasteiger partial charge in [-0.25, -0.2) is 20.0 Å². The number of guanidine groups is 1. The van der Waals surface area contributed by atoms with Gasteiger partial charge in [-0.1, -0.05) is 72.8 Å². The maximum absolute atomic E-state index is 14.8. The minimum Gasteiger partial charge on any atom is -0.364 e. The average molecular weight is 789 g/mol. The number of hydrazone groups is 1. The normalized spacial score (nSPS) is 15.1. The van der Waals surface area contributed by atoms with E-state index in [4.69, 9.17) is 11.5 Å². The number of nitro groups is 1. The van der Waals surface area contributed by atoms with Crippen molar-refractivity contribution in [2.75, 3.05) is 42.9 Å². The summed E-state index contributed by atoms with van der Waals surface area (Å²) in [7, 11) is 0. The number of hydrogen-bond acceptors (Lipinski definition) is 10. The van der Waals surface area contributed by atoms with Gasteiger partial charge in [0.25, 0.3) is 11.9 Å². The molecule has 2 aliphatic heterocycles. The number of imide groups is 1. The highest BCUT2D eigenvalue weighted by Crippen LogP contribution is 2.35. The molecular weight excluding hydrogens is 741 g/mol. The van der Waals surface area contributed by atoms with Crippen LogP contribution in [0.25, 0.3) is 0 Å². The summed E-state index contributed by atoms with van der Waals surface area (Å²) in [6, 6.07) is 28.1. The molecule has 1 atom stereocenters. The molecule has 3 heterocycles. The lowest BCUT2D eigenvalue weighted by atomic mass is 9.88. The van der Waals surface area contributed by atoms with E-state index in [0.29, 0.717) is 48.7 Å². The summed E-state index contributed by atoms with van der Waals surface area (Å²) >= 11 is 0. The number of fused-ring (bicyclic) bond motifs is 2. The van der Waals surface area contributed by atoms with Crippen molar-refractivity contribution < 1.29 is 24.2 Å². The Morgan fingerprint density at radius 1 is 0.948 bits per heavy atom. The van der Waals surface area contributed by atoms with Crippen molar-refractivity contribution in [2.24, 2.45) is 22.5 Å². The van der Waals surface area contributed by atoms with Crippen LogP contribution in [0.4, 0.5) is 17.2 Å². The summed E-state index contributed by atoms with van der Waals surface area (Å²) in [5.41, 5.74) is 14.4. The van der Waals surface area contributed by atoms with Gasteiger partial charge in [-0.2, -0.15) is 0 Å². The molecule has 4 amide bonds. The molecule has 0 radical (unpaired) electrons. The highest BCUT2D eigenvalue weighted by Gasteiger charge is 2.36. The fraction of sp³-hybridized carbons (Fsp3) is 0.333. The fourth-order valence-corrected chi connectivity index (χ4v) is 7.72. The third-order valence-electron chi connectivity index (χ3n) is 10.6. The molecule has 1 fully saturated rings. The van der Waals surface area contributed by atoms with Crippen molar-refractivity contribution in [2.45, 2.75) is 50.5 Å². The lowest BCUT2D eigenvalue weighted by Gasteiger charge is -2.35. The van der Waals surface area contributed by atoms with E-state index in [1.54, 1.807) is 41.4 Å². The van der Waals surface area contributed by atoms with Crippen molar-refractivity contribution >= 4 is 46.8 Å². The molecule has 1 aromatic heterocycles. The number of nitrogens with two attached hydrogens (primary N) is 2. The molecule has 0 unspecified atom stereocenters. The number of hydrogen-bond donors (Lipinski definition) is 4. The third kappa shape index (κ3) is 10.1. The molecule has 16 nitrogen and oxygen atoms in total.